The van der Waals surface area contributed by atoms with Crippen molar-refractivity contribution >= 4 is 22.7 Å². The van der Waals surface area contributed by atoms with Gasteiger partial charge in [-0.15, -0.1) is 11.8 Å². The number of nitrogens with one attached hydrogen (secondary N) is 1. The summed E-state index contributed by atoms with van der Waals surface area (Å²) in [6.45, 7) is 5.18. The number of hydrogen-bond donors (Lipinski definition) is 2. The molecule has 0 saturated heterocycles. The fourth-order valence-corrected chi connectivity index (χ4v) is 3.00. The molecule has 0 radical (unpaired) electrons. The first kappa shape index (κ1) is 15.2. The van der Waals surface area contributed by atoms with E-state index in [1.54, 1.807) is 18.1 Å². The van der Waals surface area contributed by atoms with Crippen molar-refractivity contribution in [1.29, 1.82) is 0 Å². The Hall–Kier alpha value is -1.17. The van der Waals surface area contributed by atoms with Crippen molar-refractivity contribution in [1.82, 2.24) is 15.3 Å². The second-order valence-corrected chi connectivity index (χ2v) is 6.09. The van der Waals surface area contributed by atoms with Crippen LogP contribution >= 0.6 is 11.8 Å². The van der Waals surface area contributed by atoms with Crippen LogP contribution in [0.1, 0.15) is 20.3 Å². The first-order valence-corrected chi connectivity index (χ1v) is 7.85. The van der Waals surface area contributed by atoms with Gasteiger partial charge in [-0.3, -0.25) is 0 Å². The number of benzene rings is 1. The molecule has 0 saturated carbocycles. The Kier molecular flexibility index (Phi) is 5.34. The third-order valence-electron chi connectivity index (χ3n) is 3.18. The highest BCUT2D eigenvalue weighted by atomic mass is 32.2. The van der Waals surface area contributed by atoms with Crippen LogP contribution in [0.4, 0.5) is 0 Å². The van der Waals surface area contributed by atoms with Crippen LogP contribution in [0.2, 0.25) is 0 Å². The van der Waals surface area contributed by atoms with Gasteiger partial charge >= 0.3 is 0 Å². The first-order chi connectivity index (χ1) is 9.68. The SMILES string of the molecule is CCCNC(C)(CO)CSc1ncnc2ccccc12. The van der Waals surface area contributed by atoms with Crippen LogP contribution in [0.3, 0.4) is 0 Å². The molecule has 0 bridgehead atoms. The zero-order valence-electron chi connectivity index (χ0n) is 12.0. The molecule has 1 unspecified atom stereocenters. The summed E-state index contributed by atoms with van der Waals surface area (Å²) in [6, 6.07) is 8.00. The normalized spacial score (nSPS) is 14.3. The molecule has 1 aromatic heterocycles. The topological polar surface area (TPSA) is 58.0 Å². The molecule has 5 heteroatoms. The molecular formula is C15H21N3OS. The van der Waals surface area contributed by atoms with Crippen molar-refractivity contribution in [3.05, 3.63) is 30.6 Å². The predicted molar refractivity (Wildman–Crippen MR) is 84.0 cm³/mol. The second kappa shape index (κ2) is 7.02. The Bertz CT molecular complexity index is 558. The van der Waals surface area contributed by atoms with Gasteiger partial charge in [-0.2, -0.15) is 0 Å². The Morgan fingerprint density at radius 3 is 2.85 bits per heavy atom. The lowest BCUT2D eigenvalue weighted by Gasteiger charge is -2.28. The van der Waals surface area contributed by atoms with Gasteiger partial charge in [-0.1, -0.05) is 25.1 Å². The number of aliphatic hydroxyl groups is 1. The molecule has 1 heterocycles. The van der Waals surface area contributed by atoms with Gasteiger partial charge in [0.25, 0.3) is 0 Å². The van der Waals surface area contributed by atoms with E-state index in [9.17, 15) is 5.11 Å². The summed E-state index contributed by atoms with van der Waals surface area (Å²) in [7, 11) is 0. The molecule has 2 rings (SSSR count). The van der Waals surface area contributed by atoms with Crippen molar-refractivity contribution in [2.45, 2.75) is 30.8 Å². The Morgan fingerprint density at radius 1 is 1.30 bits per heavy atom. The molecule has 0 aliphatic rings. The fourth-order valence-electron chi connectivity index (χ4n) is 1.90. The highest BCUT2D eigenvalue weighted by molar-refractivity contribution is 7.99. The quantitative estimate of drug-likeness (QED) is 0.606. The van der Waals surface area contributed by atoms with E-state index in [4.69, 9.17) is 0 Å². The van der Waals surface area contributed by atoms with E-state index >= 15 is 0 Å². The number of hydrogen-bond acceptors (Lipinski definition) is 5. The molecule has 0 aliphatic carbocycles. The number of para-hydroxylation sites is 1. The van der Waals surface area contributed by atoms with Gasteiger partial charge in [0, 0.05) is 16.7 Å². The smallest absolute Gasteiger partial charge is 0.117 e. The Labute approximate surface area is 124 Å². The first-order valence-electron chi connectivity index (χ1n) is 6.87. The number of fused-ring (bicyclic) bond motifs is 1. The van der Waals surface area contributed by atoms with Crippen LogP contribution in [0.25, 0.3) is 10.9 Å². The van der Waals surface area contributed by atoms with Gasteiger partial charge in [0.1, 0.15) is 11.4 Å². The molecular weight excluding hydrogens is 270 g/mol. The molecule has 0 spiro atoms. The molecule has 20 heavy (non-hydrogen) atoms. The second-order valence-electron chi connectivity index (χ2n) is 5.13. The summed E-state index contributed by atoms with van der Waals surface area (Å²) in [5.74, 6) is 0.768. The lowest BCUT2D eigenvalue weighted by atomic mass is 10.1. The maximum absolute atomic E-state index is 9.59. The average molecular weight is 291 g/mol. The molecule has 0 amide bonds. The molecule has 2 aromatic rings. The number of thioether (sulfide) groups is 1. The predicted octanol–water partition coefficient (Wildman–Crippen LogP) is 2.47. The summed E-state index contributed by atoms with van der Waals surface area (Å²) >= 11 is 1.66. The van der Waals surface area contributed by atoms with Crippen molar-refractivity contribution in [3.8, 4) is 0 Å². The Balaban J connectivity index is 2.12. The Morgan fingerprint density at radius 2 is 2.10 bits per heavy atom. The van der Waals surface area contributed by atoms with Crippen molar-refractivity contribution in [3.63, 3.8) is 0 Å². The van der Waals surface area contributed by atoms with E-state index in [1.165, 1.54) is 0 Å². The van der Waals surface area contributed by atoms with Gasteiger partial charge in [-0.25, -0.2) is 9.97 Å². The van der Waals surface area contributed by atoms with Crippen LogP contribution in [-0.4, -0.2) is 39.5 Å². The zero-order chi connectivity index (χ0) is 14.4. The van der Waals surface area contributed by atoms with Gasteiger partial charge < -0.3 is 10.4 Å². The molecule has 0 fully saturated rings. The third kappa shape index (κ3) is 3.69. The van der Waals surface area contributed by atoms with E-state index in [-0.39, 0.29) is 12.1 Å². The summed E-state index contributed by atoms with van der Waals surface area (Å²) in [6.07, 6.45) is 2.65. The lowest BCUT2D eigenvalue weighted by molar-refractivity contribution is 0.192. The van der Waals surface area contributed by atoms with Crippen LogP contribution in [0.15, 0.2) is 35.6 Å². The van der Waals surface area contributed by atoms with E-state index in [1.807, 2.05) is 31.2 Å². The van der Waals surface area contributed by atoms with Gasteiger partial charge in [0.05, 0.1) is 12.1 Å². The standard InChI is InChI=1S/C15H21N3OS/c1-3-8-18-15(2,9-19)10-20-14-12-6-4-5-7-13(12)16-11-17-14/h4-7,11,18-19H,3,8-10H2,1-2H3. The molecule has 0 aliphatic heterocycles. The third-order valence-corrected chi connectivity index (χ3v) is 4.56. The minimum Gasteiger partial charge on any atom is -0.394 e. The van der Waals surface area contributed by atoms with Crippen LogP contribution < -0.4 is 5.32 Å². The van der Waals surface area contributed by atoms with Gasteiger partial charge in [0.15, 0.2) is 0 Å². The monoisotopic (exact) mass is 291 g/mol. The fraction of sp³-hybridized carbons (Fsp3) is 0.467. The van der Waals surface area contributed by atoms with E-state index in [2.05, 4.69) is 22.2 Å². The maximum Gasteiger partial charge on any atom is 0.117 e. The van der Waals surface area contributed by atoms with Gasteiger partial charge in [-0.05, 0) is 26.0 Å². The van der Waals surface area contributed by atoms with Crippen molar-refractivity contribution in [2.75, 3.05) is 18.9 Å². The summed E-state index contributed by atoms with van der Waals surface area (Å²) < 4.78 is 0. The summed E-state index contributed by atoms with van der Waals surface area (Å²) in [5.41, 5.74) is 0.671. The van der Waals surface area contributed by atoms with E-state index < -0.39 is 0 Å². The molecule has 2 N–H and O–H groups in total. The summed E-state index contributed by atoms with van der Waals surface area (Å²) in [4.78, 5) is 8.63. The molecule has 1 atom stereocenters. The number of aliphatic hydroxyl groups excluding tert-OH is 1. The van der Waals surface area contributed by atoms with Gasteiger partial charge in [0.2, 0.25) is 0 Å². The van der Waals surface area contributed by atoms with Crippen molar-refractivity contribution < 1.29 is 5.11 Å². The minimum atomic E-state index is -0.285. The van der Waals surface area contributed by atoms with E-state index in [0.29, 0.717) is 0 Å². The lowest BCUT2D eigenvalue weighted by Crippen LogP contribution is -2.48. The number of aromatic nitrogens is 2. The van der Waals surface area contributed by atoms with Crippen molar-refractivity contribution in [2.24, 2.45) is 0 Å². The largest absolute Gasteiger partial charge is 0.394 e. The minimum absolute atomic E-state index is 0.114. The molecule has 1 aromatic carbocycles. The highest BCUT2D eigenvalue weighted by Gasteiger charge is 2.23. The summed E-state index contributed by atoms with van der Waals surface area (Å²) in [5, 5.41) is 15.0. The van der Waals surface area contributed by atoms with Crippen LogP contribution in [0.5, 0.6) is 0 Å². The zero-order valence-corrected chi connectivity index (χ0v) is 12.8. The molecule has 4 nitrogen and oxygen atoms in total. The van der Waals surface area contributed by atoms with E-state index in [0.717, 1.165) is 34.6 Å². The average Bonchev–Trinajstić information content (AvgIpc) is 2.51. The highest BCUT2D eigenvalue weighted by Crippen LogP contribution is 2.26. The maximum atomic E-state index is 9.59. The molecule has 108 valence electrons. The van der Waals surface area contributed by atoms with Crippen LogP contribution in [0, 0.1) is 0 Å². The van der Waals surface area contributed by atoms with Crippen LogP contribution in [-0.2, 0) is 0 Å². The number of nitrogens with zero attached hydrogens (tertiary/aromatic N) is 2. The number of rotatable bonds is 7.